The molecular weight excluding hydrogens is 196 g/mol. The summed E-state index contributed by atoms with van der Waals surface area (Å²) < 4.78 is 10.6. The minimum atomic E-state index is -0.614. The molecule has 85 valence electrons. The highest BCUT2D eigenvalue weighted by molar-refractivity contribution is 6.59. The van der Waals surface area contributed by atoms with E-state index in [1.165, 1.54) is 0 Å². The maximum atomic E-state index is 5.50. The lowest BCUT2D eigenvalue weighted by molar-refractivity contribution is -0.0475. The number of ether oxygens (including phenoxy) is 2. The van der Waals surface area contributed by atoms with Crippen LogP contribution in [0.15, 0.2) is 0 Å². The van der Waals surface area contributed by atoms with Crippen LogP contribution in [0.3, 0.4) is 0 Å². The van der Waals surface area contributed by atoms with E-state index in [1.54, 1.807) is 14.2 Å². The van der Waals surface area contributed by atoms with Crippen LogP contribution >= 0.6 is 0 Å². The van der Waals surface area contributed by atoms with Gasteiger partial charge >= 0.3 is 0 Å². The molecule has 0 aromatic rings. The molecule has 0 atom stereocenters. The summed E-state index contributed by atoms with van der Waals surface area (Å²) in [7, 11) is 2.78. The average Bonchev–Trinajstić information content (AvgIpc) is 2.22. The molecule has 0 saturated carbocycles. The van der Waals surface area contributed by atoms with Crippen LogP contribution in [0.4, 0.5) is 0 Å². The molecule has 0 aliphatic carbocycles. The summed E-state index contributed by atoms with van der Waals surface area (Å²) in [6.07, 6.45) is 2.12. The van der Waals surface area contributed by atoms with Gasteiger partial charge in [0.15, 0.2) is 0 Å². The van der Waals surface area contributed by atoms with Crippen molar-refractivity contribution in [2.45, 2.75) is 30.8 Å². The van der Waals surface area contributed by atoms with Gasteiger partial charge in [-0.25, -0.2) is 0 Å². The Kier molecular flexibility index (Phi) is 9.64. The fraction of sp³-hybridized carbons (Fsp3) is 1.00. The molecular formula is C9H23N2O2Si. The van der Waals surface area contributed by atoms with Crippen LogP contribution in [-0.4, -0.2) is 42.0 Å². The SMILES string of the molecule is COC(OC)[Si](CCCN)CCCN. The average molecular weight is 219 g/mol. The minimum Gasteiger partial charge on any atom is -0.360 e. The molecule has 0 bridgehead atoms. The first-order valence-electron chi connectivity index (χ1n) is 5.10. The Morgan fingerprint density at radius 2 is 1.43 bits per heavy atom. The quantitative estimate of drug-likeness (QED) is 0.433. The number of hydrogen-bond acceptors (Lipinski definition) is 4. The molecule has 0 spiro atoms. The zero-order valence-corrected chi connectivity index (χ0v) is 10.3. The lowest BCUT2D eigenvalue weighted by Crippen LogP contribution is -2.35. The highest BCUT2D eigenvalue weighted by Gasteiger charge is 2.21. The molecule has 0 aromatic carbocycles. The zero-order valence-electron chi connectivity index (χ0n) is 9.29. The molecule has 0 saturated heterocycles. The Hall–Kier alpha value is 0.0569. The van der Waals surface area contributed by atoms with Gasteiger partial charge in [-0.2, -0.15) is 0 Å². The number of hydrogen-bond donors (Lipinski definition) is 2. The Balaban J connectivity index is 3.92. The summed E-state index contributed by atoms with van der Waals surface area (Å²) in [5, 5.41) is 0. The van der Waals surface area contributed by atoms with Crippen LogP contribution in [0, 0.1) is 0 Å². The van der Waals surface area contributed by atoms with Crippen molar-refractivity contribution in [1.82, 2.24) is 0 Å². The smallest absolute Gasteiger partial charge is 0.138 e. The molecule has 0 heterocycles. The maximum Gasteiger partial charge on any atom is 0.138 e. The molecule has 5 heteroatoms. The Morgan fingerprint density at radius 1 is 1.00 bits per heavy atom. The molecule has 14 heavy (non-hydrogen) atoms. The fourth-order valence-electron chi connectivity index (χ4n) is 1.45. The van der Waals surface area contributed by atoms with Crippen LogP contribution in [0.2, 0.25) is 12.1 Å². The first kappa shape index (κ1) is 14.1. The van der Waals surface area contributed by atoms with E-state index >= 15 is 0 Å². The normalized spacial score (nSPS) is 11.6. The van der Waals surface area contributed by atoms with Crippen molar-refractivity contribution in [3.63, 3.8) is 0 Å². The molecule has 0 amide bonds. The van der Waals surface area contributed by atoms with E-state index in [0.29, 0.717) is 0 Å². The molecule has 0 aromatic heterocycles. The van der Waals surface area contributed by atoms with E-state index in [4.69, 9.17) is 20.9 Å². The predicted octanol–water partition coefficient (Wildman–Crippen LogP) is 0.337. The van der Waals surface area contributed by atoms with Gasteiger partial charge in [-0.15, -0.1) is 0 Å². The van der Waals surface area contributed by atoms with Crippen molar-refractivity contribution in [3.05, 3.63) is 0 Å². The van der Waals surface area contributed by atoms with Crippen molar-refractivity contribution < 1.29 is 9.47 Å². The topological polar surface area (TPSA) is 70.5 Å². The van der Waals surface area contributed by atoms with Gasteiger partial charge in [-0.3, -0.25) is 0 Å². The Labute approximate surface area is 88.5 Å². The lowest BCUT2D eigenvalue weighted by Gasteiger charge is -2.22. The van der Waals surface area contributed by atoms with Gasteiger partial charge in [-0.05, 0) is 25.9 Å². The van der Waals surface area contributed by atoms with Crippen LogP contribution < -0.4 is 11.5 Å². The predicted molar refractivity (Wildman–Crippen MR) is 60.5 cm³/mol. The first-order valence-corrected chi connectivity index (χ1v) is 7.09. The first-order chi connectivity index (χ1) is 6.79. The second kappa shape index (κ2) is 9.61. The molecule has 0 rings (SSSR count). The molecule has 0 unspecified atom stereocenters. The van der Waals surface area contributed by atoms with Gasteiger partial charge in [0.2, 0.25) is 0 Å². The van der Waals surface area contributed by atoms with Gasteiger partial charge in [0.05, 0.1) is 0 Å². The molecule has 4 N–H and O–H groups in total. The Morgan fingerprint density at radius 3 is 1.71 bits per heavy atom. The van der Waals surface area contributed by atoms with Gasteiger partial charge < -0.3 is 20.9 Å². The van der Waals surface area contributed by atoms with E-state index in [-0.39, 0.29) is 5.91 Å². The highest BCUT2D eigenvalue weighted by Crippen LogP contribution is 2.12. The lowest BCUT2D eigenvalue weighted by atomic mass is 10.5. The van der Waals surface area contributed by atoms with E-state index in [0.717, 1.165) is 38.0 Å². The summed E-state index contributed by atoms with van der Waals surface area (Å²) in [6, 6.07) is 2.29. The molecule has 0 aliphatic rings. The maximum absolute atomic E-state index is 5.50. The van der Waals surface area contributed by atoms with Crippen molar-refractivity contribution in [1.29, 1.82) is 0 Å². The monoisotopic (exact) mass is 219 g/mol. The third-order valence-electron chi connectivity index (χ3n) is 2.17. The van der Waals surface area contributed by atoms with Crippen molar-refractivity contribution >= 4 is 8.80 Å². The van der Waals surface area contributed by atoms with Crippen molar-refractivity contribution in [2.24, 2.45) is 11.5 Å². The third-order valence-corrected chi connectivity index (χ3v) is 5.30. The molecule has 0 aliphatic heterocycles. The second-order valence-electron chi connectivity index (χ2n) is 3.25. The van der Waals surface area contributed by atoms with E-state index in [2.05, 4.69) is 0 Å². The Bertz CT molecular complexity index is 115. The van der Waals surface area contributed by atoms with Gasteiger partial charge in [0.1, 0.15) is 14.7 Å². The van der Waals surface area contributed by atoms with Gasteiger partial charge in [0, 0.05) is 14.2 Å². The standard InChI is InChI=1S/C9H23N2O2Si/c1-12-9(13-2)14(7-3-5-10)8-4-6-11/h9H,3-8,10-11H2,1-2H3. The van der Waals surface area contributed by atoms with Gasteiger partial charge in [0.25, 0.3) is 0 Å². The highest BCUT2D eigenvalue weighted by atomic mass is 28.3. The van der Waals surface area contributed by atoms with E-state index in [1.807, 2.05) is 0 Å². The fourth-order valence-corrected chi connectivity index (χ4v) is 4.15. The summed E-state index contributed by atoms with van der Waals surface area (Å²) in [5.41, 5.74) is 11.0. The van der Waals surface area contributed by atoms with Crippen molar-refractivity contribution in [2.75, 3.05) is 27.3 Å². The largest absolute Gasteiger partial charge is 0.360 e. The van der Waals surface area contributed by atoms with Crippen LogP contribution in [0.25, 0.3) is 0 Å². The number of nitrogens with two attached hydrogens (primary N) is 2. The zero-order chi connectivity index (χ0) is 10.8. The molecule has 1 radical (unpaired) electrons. The van der Waals surface area contributed by atoms with E-state index in [9.17, 15) is 0 Å². The van der Waals surface area contributed by atoms with Crippen LogP contribution in [0.5, 0.6) is 0 Å². The van der Waals surface area contributed by atoms with Gasteiger partial charge in [-0.1, -0.05) is 12.1 Å². The molecule has 0 fully saturated rings. The van der Waals surface area contributed by atoms with Crippen LogP contribution in [0.1, 0.15) is 12.8 Å². The summed E-state index contributed by atoms with van der Waals surface area (Å²) in [4.78, 5) is 0. The second-order valence-corrected chi connectivity index (χ2v) is 6.03. The third kappa shape index (κ3) is 5.72. The summed E-state index contributed by atoms with van der Waals surface area (Å²) >= 11 is 0. The number of methoxy groups -OCH3 is 2. The molecule has 4 nitrogen and oxygen atoms in total. The number of rotatable bonds is 9. The van der Waals surface area contributed by atoms with Crippen LogP contribution in [-0.2, 0) is 9.47 Å². The minimum absolute atomic E-state index is 0.0156. The van der Waals surface area contributed by atoms with E-state index < -0.39 is 8.80 Å². The van der Waals surface area contributed by atoms with Crippen molar-refractivity contribution in [3.8, 4) is 0 Å². The summed E-state index contributed by atoms with van der Waals surface area (Å²) in [6.45, 7) is 1.49. The summed E-state index contributed by atoms with van der Waals surface area (Å²) in [5.74, 6) is -0.0156.